The fraction of sp³-hybridized carbons (Fsp3) is 0.0625. The van der Waals surface area contributed by atoms with Gasteiger partial charge < -0.3 is 10.4 Å². The summed E-state index contributed by atoms with van der Waals surface area (Å²) in [6.45, 7) is 1.35. The molecular weight excluding hydrogens is 408 g/mol. The first-order valence-corrected chi connectivity index (χ1v) is 7.95. The zero-order valence-electron chi connectivity index (χ0n) is 13.4. The summed E-state index contributed by atoms with van der Waals surface area (Å²) < 4.78 is 0.373. The summed E-state index contributed by atoms with van der Waals surface area (Å²) in [5.41, 5.74) is 2.51. The van der Waals surface area contributed by atoms with E-state index < -0.39 is 22.3 Å². The van der Waals surface area contributed by atoms with Crippen molar-refractivity contribution < 1.29 is 19.6 Å². The number of nitrogens with zero attached hydrogens (tertiary/aromatic N) is 2. The number of aromatic hydroxyl groups is 1. The van der Waals surface area contributed by atoms with E-state index in [1.807, 2.05) is 0 Å². The van der Waals surface area contributed by atoms with Crippen molar-refractivity contribution in [1.82, 2.24) is 5.43 Å². The molecule has 2 amide bonds. The van der Waals surface area contributed by atoms with Crippen molar-refractivity contribution >= 4 is 45.3 Å². The molecule has 26 heavy (non-hydrogen) atoms. The zero-order chi connectivity index (χ0) is 19.3. The molecule has 0 unspecified atom stereocenters. The van der Waals surface area contributed by atoms with Crippen LogP contribution in [-0.2, 0) is 4.79 Å². The van der Waals surface area contributed by atoms with Gasteiger partial charge >= 0.3 is 5.69 Å². The number of hydrogen-bond acceptors (Lipinski definition) is 6. The number of benzene rings is 2. The Morgan fingerprint density at radius 2 is 2.04 bits per heavy atom. The molecule has 2 aromatic carbocycles. The number of phenolic OH excluding ortho intramolecular Hbond substituents is 1. The maximum absolute atomic E-state index is 12.1. The van der Waals surface area contributed by atoms with Crippen LogP contribution in [0.15, 0.2) is 46.0 Å². The van der Waals surface area contributed by atoms with Gasteiger partial charge in [-0.2, -0.15) is 5.10 Å². The van der Waals surface area contributed by atoms with E-state index in [1.54, 1.807) is 12.1 Å². The summed E-state index contributed by atoms with van der Waals surface area (Å²) in [4.78, 5) is 33.3. The number of carbonyl (C=O) groups excluding carboxylic acids is 2. The van der Waals surface area contributed by atoms with Gasteiger partial charge in [-0.1, -0.05) is 22.0 Å². The highest BCUT2D eigenvalue weighted by atomic mass is 79.9. The average molecular weight is 421 g/mol. The van der Waals surface area contributed by atoms with Gasteiger partial charge in [0.15, 0.2) is 0 Å². The largest absolute Gasteiger partial charge is 0.502 e. The summed E-state index contributed by atoms with van der Waals surface area (Å²) in [5.74, 6) is -1.39. The van der Waals surface area contributed by atoms with Crippen molar-refractivity contribution in [3.8, 4) is 5.75 Å². The predicted octanol–water partition coefficient (Wildman–Crippen LogP) is 2.79. The quantitative estimate of drug-likeness (QED) is 0.388. The van der Waals surface area contributed by atoms with Crippen LogP contribution in [0.2, 0.25) is 0 Å². The van der Waals surface area contributed by atoms with E-state index >= 15 is 0 Å². The number of hydrogen-bond donors (Lipinski definition) is 3. The molecule has 3 N–H and O–H groups in total. The third-order valence-electron chi connectivity index (χ3n) is 3.10. The van der Waals surface area contributed by atoms with Gasteiger partial charge in [0, 0.05) is 34.3 Å². The lowest BCUT2D eigenvalue weighted by molar-refractivity contribution is -0.385. The second-order valence-corrected chi connectivity index (χ2v) is 6.00. The highest BCUT2D eigenvalue weighted by molar-refractivity contribution is 9.10. The molecule has 0 fully saturated rings. The van der Waals surface area contributed by atoms with E-state index in [2.05, 4.69) is 31.8 Å². The molecule has 0 aliphatic heterocycles. The monoisotopic (exact) mass is 420 g/mol. The van der Waals surface area contributed by atoms with Gasteiger partial charge in [-0.25, -0.2) is 5.43 Å². The number of nitro benzene ring substituents is 1. The SMILES string of the molecule is CC(=O)Nc1cccc(C(=O)N/N=C\c2cc(Br)cc([N+](=O)[O-])c2O)c1. The summed E-state index contributed by atoms with van der Waals surface area (Å²) >= 11 is 3.10. The molecule has 10 heteroatoms. The van der Waals surface area contributed by atoms with Crippen LogP contribution < -0.4 is 10.7 Å². The molecule has 0 spiro atoms. The number of nitro groups is 1. The minimum absolute atomic E-state index is 0.0540. The van der Waals surface area contributed by atoms with Gasteiger partial charge in [-0.3, -0.25) is 19.7 Å². The van der Waals surface area contributed by atoms with Gasteiger partial charge in [0.25, 0.3) is 5.91 Å². The van der Waals surface area contributed by atoms with Gasteiger partial charge in [-0.05, 0) is 24.3 Å². The van der Waals surface area contributed by atoms with Crippen molar-refractivity contribution in [2.45, 2.75) is 6.92 Å². The Kier molecular flexibility index (Phi) is 6.02. The molecule has 0 aromatic heterocycles. The van der Waals surface area contributed by atoms with Crippen LogP contribution >= 0.6 is 15.9 Å². The second kappa shape index (κ2) is 8.21. The predicted molar refractivity (Wildman–Crippen MR) is 98.3 cm³/mol. The van der Waals surface area contributed by atoms with Gasteiger partial charge in [0.05, 0.1) is 11.1 Å². The summed E-state index contributed by atoms with van der Waals surface area (Å²) in [7, 11) is 0. The Hall–Kier alpha value is -3.27. The Bertz CT molecular complexity index is 914. The average Bonchev–Trinajstić information content (AvgIpc) is 2.56. The molecule has 2 aromatic rings. The smallest absolute Gasteiger partial charge is 0.312 e. The fourth-order valence-electron chi connectivity index (χ4n) is 2.01. The molecule has 0 saturated heterocycles. The first kappa shape index (κ1) is 19.1. The molecule has 0 aliphatic rings. The van der Waals surface area contributed by atoms with Crippen LogP contribution in [0, 0.1) is 10.1 Å². The topological polar surface area (TPSA) is 134 Å². The van der Waals surface area contributed by atoms with Crippen molar-refractivity contribution in [3.63, 3.8) is 0 Å². The minimum atomic E-state index is -0.733. The number of phenols is 1. The molecule has 0 bridgehead atoms. The zero-order valence-corrected chi connectivity index (χ0v) is 15.0. The van der Waals surface area contributed by atoms with E-state index in [4.69, 9.17) is 0 Å². The number of amides is 2. The third kappa shape index (κ3) is 4.86. The Morgan fingerprint density at radius 1 is 1.31 bits per heavy atom. The van der Waals surface area contributed by atoms with E-state index in [1.165, 1.54) is 25.1 Å². The van der Waals surface area contributed by atoms with E-state index in [0.29, 0.717) is 10.2 Å². The Labute approximate surface area is 156 Å². The van der Waals surface area contributed by atoms with Crippen LogP contribution in [0.25, 0.3) is 0 Å². The normalized spacial score (nSPS) is 10.5. The molecule has 9 nitrogen and oxygen atoms in total. The minimum Gasteiger partial charge on any atom is -0.502 e. The van der Waals surface area contributed by atoms with Gasteiger partial charge in [0.1, 0.15) is 0 Å². The highest BCUT2D eigenvalue weighted by Gasteiger charge is 2.17. The number of nitrogens with one attached hydrogen (secondary N) is 2. The van der Waals surface area contributed by atoms with Crippen molar-refractivity contribution in [1.29, 1.82) is 0 Å². The number of anilines is 1. The van der Waals surface area contributed by atoms with E-state index in [9.17, 15) is 24.8 Å². The first-order chi connectivity index (χ1) is 12.3. The standard InChI is InChI=1S/C16H13BrN4O5/c1-9(22)19-13-4-2-3-10(6-13)16(24)20-18-8-11-5-12(17)7-14(15(11)23)21(25)26/h2-8,23H,1H3,(H,19,22)(H,20,24)/b18-8-. The fourth-order valence-corrected chi connectivity index (χ4v) is 2.47. The van der Waals surface area contributed by atoms with Gasteiger partial charge in [0.2, 0.25) is 11.7 Å². The van der Waals surface area contributed by atoms with Crippen molar-refractivity contribution in [2.75, 3.05) is 5.32 Å². The summed E-state index contributed by atoms with van der Waals surface area (Å²) in [6.07, 6.45) is 1.09. The lowest BCUT2D eigenvalue weighted by Gasteiger charge is -2.05. The van der Waals surface area contributed by atoms with Crippen LogP contribution in [0.5, 0.6) is 5.75 Å². The highest BCUT2D eigenvalue weighted by Crippen LogP contribution is 2.32. The maximum atomic E-state index is 12.1. The van der Waals surface area contributed by atoms with Crippen molar-refractivity contribution in [2.24, 2.45) is 5.10 Å². The molecule has 0 saturated carbocycles. The molecule has 0 aliphatic carbocycles. The van der Waals surface area contributed by atoms with Crippen LogP contribution in [0.1, 0.15) is 22.8 Å². The van der Waals surface area contributed by atoms with Gasteiger partial charge in [-0.15, -0.1) is 0 Å². The van der Waals surface area contributed by atoms with E-state index in [0.717, 1.165) is 12.3 Å². The lowest BCUT2D eigenvalue weighted by atomic mass is 10.2. The maximum Gasteiger partial charge on any atom is 0.312 e. The van der Waals surface area contributed by atoms with Crippen LogP contribution in [0.3, 0.4) is 0 Å². The number of rotatable bonds is 5. The number of halogens is 1. The molecule has 2 rings (SSSR count). The van der Waals surface area contributed by atoms with Crippen molar-refractivity contribution in [3.05, 3.63) is 62.1 Å². The molecule has 134 valence electrons. The number of hydrazone groups is 1. The van der Waals surface area contributed by atoms with Crippen LogP contribution in [0.4, 0.5) is 11.4 Å². The Morgan fingerprint density at radius 3 is 2.69 bits per heavy atom. The third-order valence-corrected chi connectivity index (χ3v) is 3.55. The Balaban J connectivity index is 2.15. The first-order valence-electron chi connectivity index (χ1n) is 7.16. The van der Waals surface area contributed by atoms with Crippen LogP contribution in [-0.4, -0.2) is 28.1 Å². The number of carbonyl (C=O) groups is 2. The molecular formula is C16H13BrN4O5. The second-order valence-electron chi connectivity index (χ2n) is 5.08. The van der Waals surface area contributed by atoms with E-state index in [-0.39, 0.29) is 17.0 Å². The summed E-state index contributed by atoms with van der Waals surface area (Å²) in [5, 5.41) is 27.0. The molecule has 0 atom stereocenters. The molecule has 0 heterocycles. The lowest BCUT2D eigenvalue weighted by Crippen LogP contribution is -2.18. The summed E-state index contributed by atoms with van der Waals surface area (Å²) in [6, 6.07) is 8.77. The molecule has 0 radical (unpaired) electrons.